The standard InChI is InChI=1S/C18H22Cl2N2O2.6C5H5N.Fe/c1-21(11-13-9-15(19)3-5-17(13)23)7-8-22(2)12-14-10-16(20)4-6-18(14)24;6*1-2-4-6-5-3-1;/h3-6,9-10,23-24H,7-8,11-12H2,1-2H3;6*1-5H;/q;;;;;;;+2/p-2. The zero-order chi connectivity index (χ0) is 43.1. The Kier molecular flexibility index (Phi) is 32.1. The van der Waals surface area contributed by atoms with Crippen molar-refractivity contribution in [2.24, 2.45) is 0 Å². The molecule has 0 radical (unpaired) electrons. The van der Waals surface area contributed by atoms with Crippen LogP contribution in [-0.2, 0) is 30.2 Å². The van der Waals surface area contributed by atoms with Crippen molar-refractivity contribution in [1.82, 2.24) is 39.7 Å². The molecule has 0 aliphatic carbocycles. The number of halogens is 2. The maximum absolute atomic E-state index is 11.8. The molecule has 316 valence electrons. The molecule has 61 heavy (non-hydrogen) atoms. The fourth-order valence-electron chi connectivity index (χ4n) is 4.30. The summed E-state index contributed by atoms with van der Waals surface area (Å²) in [5.74, 6) is -0.0101. The van der Waals surface area contributed by atoms with Crippen LogP contribution >= 0.6 is 23.2 Å². The summed E-state index contributed by atoms with van der Waals surface area (Å²) in [6, 6.07) is 43.9. The van der Waals surface area contributed by atoms with E-state index in [0.717, 1.165) is 13.1 Å². The molecule has 10 nitrogen and oxygen atoms in total. The number of pyridine rings is 6. The monoisotopic (exact) mass is 896 g/mol. The van der Waals surface area contributed by atoms with Gasteiger partial charge in [0, 0.05) is 111 Å². The van der Waals surface area contributed by atoms with Crippen LogP contribution in [0.15, 0.2) is 220 Å². The summed E-state index contributed by atoms with van der Waals surface area (Å²) in [5.41, 5.74) is 1.37. The molecule has 0 aliphatic heterocycles. The molecular weight excluding hydrogens is 847 g/mol. The van der Waals surface area contributed by atoms with Crippen LogP contribution in [0.1, 0.15) is 11.1 Å². The van der Waals surface area contributed by atoms with Gasteiger partial charge in [-0.1, -0.05) is 71.7 Å². The van der Waals surface area contributed by atoms with E-state index in [1.165, 1.54) is 12.1 Å². The van der Waals surface area contributed by atoms with E-state index in [4.69, 9.17) is 23.2 Å². The van der Waals surface area contributed by atoms with Crippen LogP contribution in [0, 0.1) is 0 Å². The van der Waals surface area contributed by atoms with E-state index in [0.29, 0.717) is 34.3 Å². The Labute approximate surface area is 381 Å². The van der Waals surface area contributed by atoms with E-state index in [2.05, 4.69) is 39.7 Å². The molecule has 8 rings (SSSR count). The summed E-state index contributed by atoms with van der Waals surface area (Å²) in [4.78, 5) is 26.8. The van der Waals surface area contributed by atoms with Gasteiger partial charge in [-0.05, 0) is 122 Å². The smallest absolute Gasteiger partial charge is 0.872 e. The Balaban J connectivity index is 0.000000406. The summed E-state index contributed by atoms with van der Waals surface area (Å²) in [5, 5.41) is 24.8. The van der Waals surface area contributed by atoms with Crippen LogP contribution < -0.4 is 10.2 Å². The molecule has 13 heteroatoms. The van der Waals surface area contributed by atoms with Gasteiger partial charge in [-0.3, -0.25) is 29.9 Å². The van der Waals surface area contributed by atoms with Crippen LogP contribution in [0.2, 0.25) is 10.0 Å². The number of likely N-dealkylation sites (N-methyl/N-ethyl adjacent to an activating group) is 2. The molecule has 0 fully saturated rings. The third-order valence-corrected chi connectivity index (χ3v) is 7.66. The first-order chi connectivity index (χ1) is 29.3. The fraction of sp³-hybridized carbons (Fsp3) is 0.125. The van der Waals surface area contributed by atoms with E-state index >= 15 is 0 Å². The van der Waals surface area contributed by atoms with Gasteiger partial charge in [0.1, 0.15) is 0 Å². The SMILES string of the molecule is CN(CCN(C)Cc1cc(Cl)ccc1[O-])Cc1cc(Cl)ccc1[O-].[Fe+2].c1ccncc1.c1ccncc1.c1ccncc1.c1ccncc1.c1ccncc1.c1ccncc1. The summed E-state index contributed by atoms with van der Waals surface area (Å²) in [7, 11) is 3.90. The maximum atomic E-state index is 11.8. The van der Waals surface area contributed by atoms with Gasteiger partial charge in [-0.15, -0.1) is 11.5 Å². The minimum atomic E-state index is -0.00507. The Hall–Kier alpha value is -6.04. The summed E-state index contributed by atoms with van der Waals surface area (Å²) >= 11 is 11.9. The van der Waals surface area contributed by atoms with Crippen LogP contribution in [0.5, 0.6) is 11.5 Å². The van der Waals surface area contributed by atoms with Crippen LogP contribution in [-0.4, -0.2) is 66.9 Å². The van der Waals surface area contributed by atoms with E-state index in [9.17, 15) is 10.2 Å². The van der Waals surface area contributed by atoms with Crippen molar-refractivity contribution in [2.45, 2.75) is 13.1 Å². The molecule has 6 aromatic heterocycles. The van der Waals surface area contributed by atoms with Gasteiger partial charge in [0.25, 0.3) is 0 Å². The Morgan fingerprint density at radius 3 is 0.754 bits per heavy atom. The van der Waals surface area contributed by atoms with Crippen molar-refractivity contribution in [2.75, 3.05) is 27.2 Å². The van der Waals surface area contributed by atoms with Crippen molar-refractivity contribution in [3.05, 3.63) is 241 Å². The van der Waals surface area contributed by atoms with Gasteiger partial charge >= 0.3 is 17.1 Å². The number of nitrogens with zero attached hydrogens (tertiary/aromatic N) is 8. The molecular formula is C48H50Cl2FeN8O2. The Morgan fingerprint density at radius 1 is 0.377 bits per heavy atom. The minimum absolute atomic E-state index is 0. The summed E-state index contributed by atoms with van der Waals surface area (Å²) in [6.45, 7) is 2.60. The molecule has 0 bridgehead atoms. The Morgan fingerprint density at radius 2 is 0.590 bits per heavy atom. The normalized spacial score (nSPS) is 9.21. The topological polar surface area (TPSA) is 130 Å². The predicted molar refractivity (Wildman–Crippen MR) is 240 cm³/mol. The van der Waals surface area contributed by atoms with Gasteiger partial charge < -0.3 is 20.0 Å². The first-order valence-corrected chi connectivity index (χ1v) is 19.5. The summed E-state index contributed by atoms with van der Waals surface area (Å²) in [6.07, 6.45) is 21.0. The van der Waals surface area contributed by atoms with Crippen LogP contribution in [0.3, 0.4) is 0 Å². The molecule has 0 spiro atoms. The van der Waals surface area contributed by atoms with Gasteiger partial charge in [-0.2, -0.15) is 0 Å². The fourth-order valence-corrected chi connectivity index (χ4v) is 4.69. The minimum Gasteiger partial charge on any atom is -0.872 e. The quantitative estimate of drug-likeness (QED) is 0.143. The number of benzene rings is 2. The number of rotatable bonds is 7. The molecule has 0 atom stereocenters. The molecule has 0 unspecified atom stereocenters. The van der Waals surface area contributed by atoms with E-state index < -0.39 is 0 Å². The number of aromatic nitrogens is 6. The Bertz CT molecular complexity index is 1640. The van der Waals surface area contributed by atoms with Crippen molar-refractivity contribution in [3.8, 4) is 11.5 Å². The van der Waals surface area contributed by atoms with Crippen LogP contribution in [0.4, 0.5) is 0 Å². The molecule has 0 saturated carbocycles. The zero-order valence-electron chi connectivity index (χ0n) is 34.1. The second-order valence-electron chi connectivity index (χ2n) is 12.1. The number of hydrogen-bond acceptors (Lipinski definition) is 10. The first kappa shape index (κ1) is 53.0. The first-order valence-electron chi connectivity index (χ1n) is 18.7. The van der Waals surface area contributed by atoms with Gasteiger partial charge in [-0.25, -0.2) is 0 Å². The van der Waals surface area contributed by atoms with Crippen molar-refractivity contribution < 1.29 is 27.3 Å². The second kappa shape index (κ2) is 37.0. The van der Waals surface area contributed by atoms with E-state index in [-0.39, 0.29) is 28.6 Å². The van der Waals surface area contributed by atoms with Crippen molar-refractivity contribution in [3.63, 3.8) is 0 Å². The van der Waals surface area contributed by atoms with Gasteiger partial charge in [0.05, 0.1) is 0 Å². The van der Waals surface area contributed by atoms with Crippen molar-refractivity contribution in [1.29, 1.82) is 0 Å². The predicted octanol–water partition coefficient (Wildman–Crippen LogP) is 9.19. The average Bonchev–Trinajstić information content (AvgIpc) is 3.33. The zero-order valence-corrected chi connectivity index (χ0v) is 36.7. The third-order valence-electron chi connectivity index (χ3n) is 7.19. The third kappa shape index (κ3) is 30.6. The van der Waals surface area contributed by atoms with Gasteiger partial charge in [0.2, 0.25) is 0 Å². The largest absolute Gasteiger partial charge is 2.00 e. The van der Waals surface area contributed by atoms with Crippen molar-refractivity contribution >= 4 is 23.2 Å². The molecule has 0 aliphatic rings. The average molecular weight is 898 g/mol. The molecule has 2 aromatic carbocycles. The second-order valence-corrected chi connectivity index (χ2v) is 13.0. The molecule has 8 aromatic rings. The molecule has 6 heterocycles. The number of hydrogen-bond donors (Lipinski definition) is 0. The maximum Gasteiger partial charge on any atom is 2.00 e. The molecule has 0 amide bonds. The summed E-state index contributed by atoms with van der Waals surface area (Å²) < 4.78 is 0. The van der Waals surface area contributed by atoms with Crippen LogP contribution in [0.25, 0.3) is 0 Å². The van der Waals surface area contributed by atoms with E-state index in [1.807, 2.05) is 123 Å². The molecule has 0 saturated heterocycles. The van der Waals surface area contributed by atoms with Gasteiger partial charge in [0.15, 0.2) is 0 Å². The van der Waals surface area contributed by atoms with E-state index in [1.54, 1.807) is 98.6 Å². The molecule has 0 N–H and O–H groups in total.